The van der Waals surface area contributed by atoms with Gasteiger partial charge >= 0.3 is 0 Å². The first-order chi connectivity index (χ1) is 4.81. The molecular weight excluding hydrogens is 142 g/mol. The lowest BCUT2D eigenvalue weighted by Gasteiger charge is -2.05. The van der Waals surface area contributed by atoms with Gasteiger partial charge in [0.05, 0.1) is 5.16 Å². The van der Waals surface area contributed by atoms with Crippen LogP contribution in [0.3, 0.4) is 0 Å². The summed E-state index contributed by atoms with van der Waals surface area (Å²) in [5.74, 6) is 0.789. The molecule has 0 aromatic rings. The summed E-state index contributed by atoms with van der Waals surface area (Å²) in [6.45, 7) is 5.31. The second-order valence-electron chi connectivity index (χ2n) is 2.66. The average molecular weight is 157 g/mol. The third-order valence-corrected chi connectivity index (χ3v) is 1.71. The van der Waals surface area contributed by atoms with Crippen LogP contribution in [0.1, 0.15) is 33.1 Å². The number of hydrogen-bond acceptors (Lipinski definition) is 2. The molecule has 1 atom stereocenters. The maximum atomic E-state index is 4.45. The quantitative estimate of drug-likeness (QED) is 0.441. The van der Waals surface area contributed by atoms with Crippen LogP contribution >= 0.6 is 12.2 Å². The van der Waals surface area contributed by atoms with E-state index in [1.54, 1.807) is 0 Å². The number of thiocarbonyl (C=S) groups is 1. The van der Waals surface area contributed by atoms with E-state index in [0.717, 1.165) is 18.9 Å². The van der Waals surface area contributed by atoms with Gasteiger partial charge in [0.25, 0.3) is 0 Å². The maximum Gasteiger partial charge on any atom is 0.0584 e. The van der Waals surface area contributed by atoms with Gasteiger partial charge in [0, 0.05) is 6.54 Å². The molecule has 1 nitrogen and oxygen atoms in total. The van der Waals surface area contributed by atoms with E-state index in [1.807, 2.05) is 0 Å². The zero-order valence-corrected chi connectivity index (χ0v) is 7.58. The van der Waals surface area contributed by atoms with E-state index in [9.17, 15) is 0 Å². The van der Waals surface area contributed by atoms with Crippen molar-refractivity contribution >= 4 is 17.4 Å². The fraction of sp³-hybridized carbons (Fsp3) is 0.875. The Bertz CT molecular complexity index is 116. The molecule has 0 aliphatic rings. The first-order valence-electron chi connectivity index (χ1n) is 3.84. The van der Waals surface area contributed by atoms with Gasteiger partial charge in [0.15, 0.2) is 0 Å². The molecule has 0 heterocycles. The highest BCUT2D eigenvalue weighted by atomic mass is 32.1. The zero-order valence-electron chi connectivity index (χ0n) is 6.76. The Kier molecular flexibility index (Phi) is 6.78. The van der Waals surface area contributed by atoms with Crippen molar-refractivity contribution in [3.05, 3.63) is 0 Å². The van der Waals surface area contributed by atoms with Crippen molar-refractivity contribution in [1.29, 1.82) is 0 Å². The molecule has 2 heteroatoms. The molecule has 0 saturated carbocycles. The molecule has 1 unspecified atom stereocenters. The molecule has 0 aromatic carbocycles. The van der Waals surface area contributed by atoms with Gasteiger partial charge in [-0.2, -0.15) is 0 Å². The Labute approximate surface area is 68.5 Å². The van der Waals surface area contributed by atoms with Crippen LogP contribution in [0.25, 0.3) is 0 Å². The van der Waals surface area contributed by atoms with Crippen LogP contribution in [0.15, 0.2) is 4.99 Å². The highest BCUT2D eigenvalue weighted by molar-refractivity contribution is 7.78. The summed E-state index contributed by atoms with van der Waals surface area (Å²) in [7, 11) is 0. The Balaban J connectivity index is 3.20. The van der Waals surface area contributed by atoms with Crippen LogP contribution in [0.5, 0.6) is 0 Å². The molecule has 0 aliphatic heterocycles. The van der Waals surface area contributed by atoms with E-state index < -0.39 is 0 Å². The third-order valence-electron chi connectivity index (χ3n) is 1.58. The molecular formula is C8H15NS. The van der Waals surface area contributed by atoms with Crippen molar-refractivity contribution in [2.45, 2.75) is 33.1 Å². The van der Waals surface area contributed by atoms with Crippen LogP contribution in [0.4, 0.5) is 0 Å². The molecule has 0 rings (SSSR count). The number of rotatable bonds is 5. The van der Waals surface area contributed by atoms with E-state index in [0.29, 0.717) is 0 Å². The van der Waals surface area contributed by atoms with E-state index in [2.05, 4.69) is 36.2 Å². The normalized spacial score (nSPS) is 12.2. The summed E-state index contributed by atoms with van der Waals surface area (Å²) in [4.78, 5) is 3.86. The summed E-state index contributed by atoms with van der Waals surface area (Å²) >= 11 is 4.45. The Hall–Kier alpha value is -0.200. The fourth-order valence-electron chi connectivity index (χ4n) is 0.968. The standard InChI is InChI=1S/C8H15NS/c1-3-4-8(2)5-6-9-7-10/h8H,3-6H2,1-2H3. The van der Waals surface area contributed by atoms with E-state index in [1.165, 1.54) is 12.8 Å². The van der Waals surface area contributed by atoms with Gasteiger partial charge in [-0.3, -0.25) is 0 Å². The SMILES string of the molecule is CCCC(C)CCN=C=S. The second-order valence-corrected chi connectivity index (χ2v) is 2.84. The van der Waals surface area contributed by atoms with Gasteiger partial charge in [-0.1, -0.05) is 26.7 Å². The number of aliphatic imine (C=N–C) groups is 1. The molecule has 0 saturated heterocycles. The van der Waals surface area contributed by atoms with E-state index >= 15 is 0 Å². The first kappa shape index (κ1) is 9.80. The predicted molar refractivity (Wildman–Crippen MR) is 48.6 cm³/mol. The lowest BCUT2D eigenvalue weighted by molar-refractivity contribution is 0.494. The minimum absolute atomic E-state index is 0.789. The third kappa shape index (κ3) is 5.93. The van der Waals surface area contributed by atoms with Crippen LogP contribution in [-0.4, -0.2) is 11.7 Å². The summed E-state index contributed by atoms with van der Waals surface area (Å²) in [6, 6.07) is 0. The minimum atomic E-state index is 0.789. The monoisotopic (exact) mass is 157 g/mol. The van der Waals surface area contributed by atoms with Gasteiger partial charge in [-0.05, 0) is 24.6 Å². The molecule has 0 spiro atoms. The van der Waals surface area contributed by atoms with Crippen LogP contribution < -0.4 is 0 Å². The van der Waals surface area contributed by atoms with Crippen LogP contribution in [-0.2, 0) is 0 Å². The lowest BCUT2D eigenvalue weighted by atomic mass is 10.0. The van der Waals surface area contributed by atoms with Crippen molar-refractivity contribution in [3.63, 3.8) is 0 Å². The smallest absolute Gasteiger partial charge is 0.0584 e. The van der Waals surface area contributed by atoms with Gasteiger partial charge in [-0.25, -0.2) is 4.99 Å². The Morgan fingerprint density at radius 3 is 2.70 bits per heavy atom. The van der Waals surface area contributed by atoms with Crippen molar-refractivity contribution < 1.29 is 0 Å². The van der Waals surface area contributed by atoms with Gasteiger partial charge < -0.3 is 0 Å². The molecule has 0 radical (unpaired) electrons. The van der Waals surface area contributed by atoms with Gasteiger partial charge in [0.1, 0.15) is 0 Å². The summed E-state index contributed by atoms with van der Waals surface area (Å²) in [6.07, 6.45) is 3.72. The molecule has 0 amide bonds. The molecule has 0 N–H and O–H groups in total. The number of nitrogens with zero attached hydrogens (tertiary/aromatic N) is 1. The zero-order chi connectivity index (χ0) is 7.82. The summed E-state index contributed by atoms with van der Waals surface area (Å²) < 4.78 is 0. The molecule has 10 heavy (non-hydrogen) atoms. The molecule has 0 bridgehead atoms. The molecule has 0 fully saturated rings. The Morgan fingerprint density at radius 2 is 2.20 bits per heavy atom. The van der Waals surface area contributed by atoms with Crippen molar-refractivity contribution in [2.24, 2.45) is 10.9 Å². The lowest BCUT2D eigenvalue weighted by Crippen LogP contribution is -1.95. The van der Waals surface area contributed by atoms with Crippen molar-refractivity contribution in [3.8, 4) is 0 Å². The molecule has 0 aliphatic carbocycles. The fourth-order valence-corrected chi connectivity index (χ4v) is 1.06. The highest BCUT2D eigenvalue weighted by Crippen LogP contribution is 2.08. The van der Waals surface area contributed by atoms with Gasteiger partial charge in [-0.15, -0.1) is 0 Å². The van der Waals surface area contributed by atoms with Crippen LogP contribution in [0, 0.1) is 5.92 Å². The topological polar surface area (TPSA) is 12.4 Å². The summed E-state index contributed by atoms with van der Waals surface area (Å²) in [5, 5.41) is 2.37. The Morgan fingerprint density at radius 1 is 1.50 bits per heavy atom. The number of hydrogen-bond donors (Lipinski definition) is 0. The highest BCUT2D eigenvalue weighted by Gasteiger charge is 1.97. The van der Waals surface area contributed by atoms with E-state index in [-0.39, 0.29) is 0 Å². The predicted octanol–water partition coefficient (Wildman–Crippen LogP) is 2.92. The van der Waals surface area contributed by atoms with Crippen molar-refractivity contribution in [1.82, 2.24) is 0 Å². The number of isothiocyanates is 1. The largest absolute Gasteiger partial charge is 0.233 e. The summed E-state index contributed by atoms with van der Waals surface area (Å²) in [5.41, 5.74) is 0. The average Bonchev–Trinajstić information content (AvgIpc) is 1.89. The minimum Gasteiger partial charge on any atom is -0.233 e. The van der Waals surface area contributed by atoms with E-state index in [4.69, 9.17) is 0 Å². The second kappa shape index (κ2) is 6.91. The molecule has 58 valence electrons. The molecule has 0 aromatic heterocycles. The van der Waals surface area contributed by atoms with Crippen LogP contribution in [0.2, 0.25) is 0 Å². The maximum absolute atomic E-state index is 4.45. The first-order valence-corrected chi connectivity index (χ1v) is 4.25. The van der Waals surface area contributed by atoms with Crippen molar-refractivity contribution in [2.75, 3.05) is 6.54 Å². The van der Waals surface area contributed by atoms with Gasteiger partial charge in [0.2, 0.25) is 0 Å².